The lowest BCUT2D eigenvalue weighted by Gasteiger charge is -2.13. The minimum Gasteiger partial charge on any atom is -0.325 e. The van der Waals surface area contributed by atoms with Gasteiger partial charge in [0.05, 0.1) is 6.07 Å². The largest absolute Gasteiger partial charge is 0.325 e. The number of rotatable bonds is 4. The zero-order chi connectivity index (χ0) is 15.2. The summed E-state index contributed by atoms with van der Waals surface area (Å²) in [6, 6.07) is 11.5. The molecule has 0 radical (unpaired) electrons. The van der Waals surface area contributed by atoms with E-state index in [1.165, 1.54) is 0 Å². The summed E-state index contributed by atoms with van der Waals surface area (Å²) in [4.78, 5) is 16.3. The van der Waals surface area contributed by atoms with E-state index in [0.29, 0.717) is 6.42 Å². The van der Waals surface area contributed by atoms with Crippen molar-refractivity contribution in [1.29, 1.82) is 5.26 Å². The first-order chi connectivity index (χ1) is 10.1. The fourth-order valence-electron chi connectivity index (χ4n) is 2.06. The molecule has 2 rings (SSSR count). The van der Waals surface area contributed by atoms with Crippen LogP contribution in [0, 0.1) is 31.1 Å². The molecule has 0 bridgehead atoms. The maximum Gasteiger partial charge on any atom is 0.242 e. The number of hydrogen-bond donors (Lipinski definition) is 1. The number of carbonyl (C=O) groups is 1. The van der Waals surface area contributed by atoms with Crippen molar-refractivity contribution in [3.8, 4) is 6.07 Å². The molecule has 2 aromatic rings. The molecule has 1 N–H and O–H groups in total. The van der Waals surface area contributed by atoms with E-state index < -0.39 is 5.92 Å². The van der Waals surface area contributed by atoms with Gasteiger partial charge in [-0.2, -0.15) is 5.26 Å². The van der Waals surface area contributed by atoms with Gasteiger partial charge >= 0.3 is 0 Å². The number of pyridine rings is 1. The molecule has 21 heavy (non-hydrogen) atoms. The van der Waals surface area contributed by atoms with Gasteiger partial charge in [-0.15, -0.1) is 0 Å². The smallest absolute Gasteiger partial charge is 0.242 e. The highest BCUT2D eigenvalue weighted by Gasteiger charge is 2.19. The van der Waals surface area contributed by atoms with E-state index in [0.717, 1.165) is 22.4 Å². The van der Waals surface area contributed by atoms with Crippen molar-refractivity contribution in [2.45, 2.75) is 20.3 Å². The van der Waals surface area contributed by atoms with Crippen LogP contribution in [0.1, 0.15) is 16.7 Å². The number of anilines is 1. The Kier molecular flexibility index (Phi) is 4.68. The van der Waals surface area contributed by atoms with Crippen molar-refractivity contribution in [3.05, 3.63) is 59.4 Å². The summed E-state index contributed by atoms with van der Waals surface area (Å²) in [5.74, 6) is -1.01. The highest BCUT2D eigenvalue weighted by atomic mass is 16.1. The predicted molar refractivity (Wildman–Crippen MR) is 81.6 cm³/mol. The summed E-state index contributed by atoms with van der Waals surface area (Å²) in [6.07, 6.45) is 3.71. The summed E-state index contributed by atoms with van der Waals surface area (Å²) < 4.78 is 0. The van der Waals surface area contributed by atoms with E-state index in [4.69, 9.17) is 0 Å². The standard InChI is InChI=1S/C17H17N3O/c1-12-5-3-7-16(13(12)2)20-17(21)15(10-18)9-14-6-4-8-19-11-14/h3-8,11,15H,9H2,1-2H3,(H,20,21)/t15-/m0/s1. The Morgan fingerprint density at radius 3 is 2.81 bits per heavy atom. The second kappa shape index (κ2) is 6.67. The molecule has 0 saturated heterocycles. The topological polar surface area (TPSA) is 65.8 Å². The molecule has 1 atom stereocenters. The fraction of sp³-hybridized carbons (Fsp3) is 0.235. The summed E-state index contributed by atoms with van der Waals surface area (Å²) in [5.41, 5.74) is 3.75. The normalized spacial score (nSPS) is 11.5. The lowest BCUT2D eigenvalue weighted by atomic mass is 10.0. The maximum atomic E-state index is 12.3. The van der Waals surface area contributed by atoms with Crippen LogP contribution < -0.4 is 5.32 Å². The van der Waals surface area contributed by atoms with Crippen LogP contribution in [0.25, 0.3) is 0 Å². The highest BCUT2D eigenvalue weighted by Crippen LogP contribution is 2.19. The molecule has 1 aromatic carbocycles. The first-order valence-corrected chi connectivity index (χ1v) is 6.77. The van der Waals surface area contributed by atoms with Crippen LogP contribution in [-0.4, -0.2) is 10.9 Å². The number of benzene rings is 1. The predicted octanol–water partition coefficient (Wildman–Crippen LogP) is 3.02. The van der Waals surface area contributed by atoms with Crippen molar-refractivity contribution in [2.24, 2.45) is 5.92 Å². The monoisotopic (exact) mass is 279 g/mol. The van der Waals surface area contributed by atoms with E-state index >= 15 is 0 Å². The van der Waals surface area contributed by atoms with Gasteiger partial charge in [0.2, 0.25) is 5.91 Å². The Morgan fingerprint density at radius 1 is 1.33 bits per heavy atom. The third-order valence-electron chi connectivity index (χ3n) is 3.50. The molecule has 1 aromatic heterocycles. The minimum absolute atomic E-state index is 0.282. The van der Waals surface area contributed by atoms with Crippen LogP contribution in [0.15, 0.2) is 42.7 Å². The average Bonchev–Trinajstić information content (AvgIpc) is 2.50. The molecule has 0 aliphatic carbocycles. The third kappa shape index (κ3) is 3.67. The van der Waals surface area contributed by atoms with Crippen LogP contribution in [0.3, 0.4) is 0 Å². The quantitative estimate of drug-likeness (QED) is 0.935. The fourth-order valence-corrected chi connectivity index (χ4v) is 2.06. The van der Waals surface area contributed by atoms with Crippen molar-refractivity contribution in [1.82, 2.24) is 4.98 Å². The number of carbonyl (C=O) groups excluding carboxylic acids is 1. The lowest BCUT2D eigenvalue weighted by Crippen LogP contribution is -2.24. The molecular weight excluding hydrogens is 262 g/mol. The number of aromatic nitrogens is 1. The van der Waals surface area contributed by atoms with Crippen LogP contribution in [0.5, 0.6) is 0 Å². The van der Waals surface area contributed by atoms with E-state index in [1.807, 2.05) is 38.1 Å². The van der Waals surface area contributed by atoms with Crippen LogP contribution in [0.2, 0.25) is 0 Å². The zero-order valence-corrected chi connectivity index (χ0v) is 12.1. The second-order valence-corrected chi connectivity index (χ2v) is 4.98. The van der Waals surface area contributed by atoms with Gasteiger partial charge in [-0.3, -0.25) is 9.78 Å². The van der Waals surface area contributed by atoms with Gasteiger partial charge in [-0.25, -0.2) is 0 Å². The van der Waals surface area contributed by atoms with Crippen molar-refractivity contribution in [3.63, 3.8) is 0 Å². The summed E-state index contributed by atoms with van der Waals surface area (Å²) in [7, 11) is 0. The molecule has 0 aliphatic heterocycles. The van der Waals surface area contributed by atoms with Crippen molar-refractivity contribution < 1.29 is 4.79 Å². The molecule has 0 aliphatic rings. The van der Waals surface area contributed by atoms with Crippen molar-refractivity contribution >= 4 is 11.6 Å². The Hall–Kier alpha value is -2.67. The van der Waals surface area contributed by atoms with Gasteiger partial charge < -0.3 is 5.32 Å². The molecule has 0 unspecified atom stereocenters. The summed E-state index contributed by atoms with van der Waals surface area (Å²) in [5, 5.41) is 12.1. The van der Waals surface area contributed by atoms with Crippen LogP contribution in [-0.2, 0) is 11.2 Å². The zero-order valence-electron chi connectivity index (χ0n) is 12.1. The molecular formula is C17H17N3O. The Labute approximate surface area is 124 Å². The maximum absolute atomic E-state index is 12.3. The van der Waals surface area contributed by atoms with Crippen molar-refractivity contribution in [2.75, 3.05) is 5.32 Å². The third-order valence-corrected chi connectivity index (χ3v) is 3.50. The van der Waals surface area contributed by atoms with Gasteiger partial charge in [0.15, 0.2) is 0 Å². The summed E-state index contributed by atoms with van der Waals surface area (Å²) in [6.45, 7) is 3.94. The molecule has 4 heteroatoms. The molecule has 0 spiro atoms. The molecule has 4 nitrogen and oxygen atoms in total. The van der Waals surface area contributed by atoms with Crippen LogP contribution >= 0.6 is 0 Å². The molecule has 1 amide bonds. The Morgan fingerprint density at radius 2 is 2.14 bits per heavy atom. The van der Waals surface area contributed by atoms with Gasteiger partial charge in [-0.05, 0) is 49.1 Å². The number of hydrogen-bond acceptors (Lipinski definition) is 3. The van der Waals surface area contributed by atoms with Gasteiger partial charge in [0, 0.05) is 18.1 Å². The number of nitrogens with zero attached hydrogens (tertiary/aromatic N) is 2. The Bertz CT molecular complexity index is 674. The number of aryl methyl sites for hydroxylation is 1. The molecule has 0 fully saturated rings. The van der Waals surface area contributed by atoms with Crippen LogP contribution in [0.4, 0.5) is 5.69 Å². The SMILES string of the molecule is Cc1cccc(NC(=O)[C@H](C#N)Cc2cccnc2)c1C. The van der Waals surface area contributed by atoms with Gasteiger partial charge in [0.25, 0.3) is 0 Å². The van der Waals surface area contributed by atoms with E-state index in [1.54, 1.807) is 18.5 Å². The first-order valence-electron chi connectivity index (χ1n) is 6.77. The molecule has 1 heterocycles. The molecule has 0 saturated carbocycles. The minimum atomic E-state index is -0.728. The number of nitrogens with one attached hydrogen (secondary N) is 1. The van der Waals surface area contributed by atoms with E-state index in [-0.39, 0.29) is 5.91 Å². The molecule has 106 valence electrons. The summed E-state index contributed by atoms with van der Waals surface area (Å²) >= 11 is 0. The first kappa shape index (κ1) is 14.7. The average molecular weight is 279 g/mol. The second-order valence-electron chi connectivity index (χ2n) is 4.98. The van der Waals surface area contributed by atoms with Gasteiger partial charge in [-0.1, -0.05) is 18.2 Å². The number of amides is 1. The number of nitriles is 1. The lowest BCUT2D eigenvalue weighted by molar-refractivity contribution is -0.118. The van der Waals surface area contributed by atoms with E-state index in [2.05, 4.69) is 16.4 Å². The van der Waals surface area contributed by atoms with E-state index in [9.17, 15) is 10.1 Å². The highest BCUT2D eigenvalue weighted by molar-refractivity contribution is 5.95. The Balaban J connectivity index is 2.11. The van der Waals surface area contributed by atoms with Gasteiger partial charge in [0.1, 0.15) is 5.92 Å².